The third kappa shape index (κ3) is 8.22. The third-order valence-electron chi connectivity index (χ3n) is 9.63. The lowest BCUT2D eigenvalue weighted by Crippen LogP contribution is -2.60. The SMILES string of the molecule is CC(C)(C)OC(=O)N[C@H](C(=O)N1C[C@H](ON=C2c3ccccc3-c3ccccc32)C[C@H]1C(=O)N[C@@]1(C(=O)NS(=O)(=O)c2cccs2)C[C@H]1C(F)F)C(C)(C)C. The number of halogens is 2. The van der Waals surface area contributed by atoms with Crippen LogP contribution in [0.3, 0.4) is 0 Å². The summed E-state index contributed by atoms with van der Waals surface area (Å²) in [6.07, 6.45) is -5.57. The van der Waals surface area contributed by atoms with Gasteiger partial charge in [-0.15, -0.1) is 11.3 Å². The summed E-state index contributed by atoms with van der Waals surface area (Å²) >= 11 is 0.820. The van der Waals surface area contributed by atoms with Crippen LogP contribution < -0.4 is 15.4 Å². The molecular weight excluding hydrogens is 757 g/mol. The molecule has 2 aromatic carbocycles. The van der Waals surface area contributed by atoms with Gasteiger partial charge in [0.15, 0.2) is 0 Å². The number of carbonyl (C=O) groups is 4. The standard InChI is InChI=1S/C38H43F2N5O8S2/c1-36(2,3)30(41-35(49)52-37(4,5)6)33(47)45-20-21(53-43-29-24-14-9-7-12-22(24)23-13-8-10-15-25(23)29)18-27(45)32(46)42-38(19-26(38)31(39)40)34(48)44-55(50,51)28-16-11-17-54-28/h7-17,21,26-27,30-31H,18-20H2,1-6H3,(H,41,49)(H,42,46)(H,44,48)/t21-,26+,27+,30-,38+/m1/s1. The molecule has 2 heterocycles. The molecule has 0 spiro atoms. The van der Waals surface area contributed by atoms with E-state index in [2.05, 4.69) is 15.8 Å². The molecule has 0 bridgehead atoms. The van der Waals surface area contributed by atoms with Gasteiger partial charge in [-0.3, -0.25) is 14.4 Å². The smallest absolute Gasteiger partial charge is 0.408 e. The van der Waals surface area contributed by atoms with Crippen molar-refractivity contribution in [2.75, 3.05) is 6.54 Å². The Morgan fingerprint density at radius 1 is 0.927 bits per heavy atom. The first-order valence-electron chi connectivity index (χ1n) is 17.7. The van der Waals surface area contributed by atoms with Crippen molar-refractivity contribution in [1.82, 2.24) is 20.3 Å². The number of sulfonamides is 1. The number of likely N-dealkylation sites (tertiary alicyclic amines) is 1. The highest BCUT2D eigenvalue weighted by Gasteiger charge is 2.66. The van der Waals surface area contributed by atoms with E-state index in [1.54, 1.807) is 41.5 Å². The number of fused-ring (bicyclic) bond motifs is 3. The normalized spacial score (nSPS) is 22.3. The van der Waals surface area contributed by atoms with E-state index in [9.17, 15) is 36.4 Å². The van der Waals surface area contributed by atoms with Gasteiger partial charge in [0.2, 0.25) is 18.2 Å². The Hall–Kier alpha value is -4.90. The highest BCUT2D eigenvalue weighted by molar-refractivity contribution is 7.92. The van der Waals surface area contributed by atoms with Crippen molar-refractivity contribution in [3.63, 3.8) is 0 Å². The maximum absolute atomic E-state index is 14.5. The van der Waals surface area contributed by atoms with Crippen LogP contribution in [-0.2, 0) is 34.0 Å². The van der Waals surface area contributed by atoms with E-state index in [-0.39, 0.29) is 17.2 Å². The van der Waals surface area contributed by atoms with Crippen molar-refractivity contribution in [3.05, 3.63) is 77.2 Å². The molecule has 0 unspecified atom stereocenters. The molecule has 55 heavy (non-hydrogen) atoms. The van der Waals surface area contributed by atoms with Crippen LogP contribution in [0.1, 0.15) is 65.5 Å². The maximum Gasteiger partial charge on any atom is 0.408 e. The summed E-state index contributed by atoms with van der Waals surface area (Å²) in [5.41, 5.74) is -0.0190. The fraction of sp³-hybridized carbons (Fsp3) is 0.447. The molecule has 1 aromatic heterocycles. The van der Waals surface area contributed by atoms with Gasteiger partial charge in [0.1, 0.15) is 39.2 Å². The van der Waals surface area contributed by atoms with E-state index in [4.69, 9.17) is 9.57 Å². The zero-order chi connectivity index (χ0) is 40.1. The van der Waals surface area contributed by atoms with Crippen LogP contribution in [0, 0.1) is 11.3 Å². The first-order chi connectivity index (χ1) is 25.7. The number of hydrogen-bond acceptors (Lipinski definition) is 10. The first kappa shape index (κ1) is 39.8. The van der Waals surface area contributed by atoms with Crippen LogP contribution in [0.25, 0.3) is 11.1 Å². The number of alkyl halides is 2. The van der Waals surface area contributed by atoms with Gasteiger partial charge in [-0.1, -0.05) is 80.5 Å². The van der Waals surface area contributed by atoms with Crippen molar-refractivity contribution in [3.8, 4) is 11.1 Å². The van der Waals surface area contributed by atoms with Gasteiger partial charge in [-0.25, -0.2) is 26.7 Å². The van der Waals surface area contributed by atoms with Crippen LogP contribution >= 0.6 is 11.3 Å². The van der Waals surface area contributed by atoms with E-state index >= 15 is 0 Å². The molecule has 294 valence electrons. The number of nitrogens with one attached hydrogen (secondary N) is 3. The van der Waals surface area contributed by atoms with E-state index in [1.807, 2.05) is 53.3 Å². The average molecular weight is 800 g/mol. The molecule has 13 nitrogen and oxygen atoms in total. The zero-order valence-corrected chi connectivity index (χ0v) is 32.7. The van der Waals surface area contributed by atoms with Crippen molar-refractivity contribution in [1.29, 1.82) is 0 Å². The summed E-state index contributed by atoms with van der Waals surface area (Å²) in [5, 5.41) is 11.0. The highest BCUT2D eigenvalue weighted by Crippen LogP contribution is 2.48. The number of hydrogen-bond donors (Lipinski definition) is 3. The predicted molar refractivity (Wildman–Crippen MR) is 200 cm³/mol. The molecular formula is C38H43F2N5O8S2. The van der Waals surface area contributed by atoms with Crippen molar-refractivity contribution in [2.45, 2.75) is 94.3 Å². The van der Waals surface area contributed by atoms with Gasteiger partial charge in [0, 0.05) is 17.5 Å². The maximum atomic E-state index is 14.5. The Bertz CT molecular complexity index is 2080. The number of carbonyl (C=O) groups excluding carboxylic acids is 4. The average Bonchev–Trinajstić information content (AvgIpc) is 3.44. The second-order valence-corrected chi connectivity index (χ2v) is 18.8. The molecule has 3 aliphatic rings. The highest BCUT2D eigenvalue weighted by atomic mass is 32.2. The van der Waals surface area contributed by atoms with Crippen LogP contribution in [-0.4, -0.2) is 85.1 Å². The number of benzene rings is 2. The third-order valence-corrected chi connectivity index (χ3v) is 12.4. The lowest BCUT2D eigenvalue weighted by Gasteiger charge is -2.36. The van der Waals surface area contributed by atoms with Crippen molar-refractivity contribution >= 4 is 50.9 Å². The van der Waals surface area contributed by atoms with Gasteiger partial charge in [0.25, 0.3) is 15.9 Å². The topological polar surface area (TPSA) is 173 Å². The van der Waals surface area contributed by atoms with Gasteiger partial charge >= 0.3 is 6.09 Å². The fourth-order valence-corrected chi connectivity index (χ4v) is 8.89. The fourth-order valence-electron chi connectivity index (χ4n) is 6.86. The molecule has 0 radical (unpaired) electrons. The molecule has 1 saturated heterocycles. The number of nitrogens with zero attached hydrogens (tertiary/aromatic N) is 2. The molecule has 3 N–H and O–H groups in total. The van der Waals surface area contributed by atoms with Crippen molar-refractivity contribution < 1.29 is 46.0 Å². The lowest BCUT2D eigenvalue weighted by atomic mass is 9.85. The second kappa shape index (κ2) is 14.6. The van der Waals surface area contributed by atoms with Crippen LogP contribution in [0.5, 0.6) is 0 Å². The van der Waals surface area contributed by atoms with Crippen molar-refractivity contribution in [2.24, 2.45) is 16.5 Å². The molecule has 4 amide bonds. The zero-order valence-electron chi connectivity index (χ0n) is 31.1. The van der Waals surface area contributed by atoms with Gasteiger partial charge < -0.3 is 25.1 Å². The summed E-state index contributed by atoms with van der Waals surface area (Å²) in [6.45, 7) is 9.90. The van der Waals surface area contributed by atoms with Crippen LogP contribution in [0.2, 0.25) is 0 Å². The minimum absolute atomic E-state index is 0.175. The molecule has 2 fully saturated rings. The van der Waals surface area contributed by atoms with Gasteiger partial charge in [-0.05, 0) is 55.2 Å². The number of thiophene rings is 1. The van der Waals surface area contributed by atoms with E-state index < -0.39 is 87.3 Å². The van der Waals surface area contributed by atoms with Crippen LogP contribution in [0.15, 0.2) is 75.4 Å². The summed E-state index contributed by atoms with van der Waals surface area (Å²) in [5.74, 6) is -4.71. The van der Waals surface area contributed by atoms with Gasteiger partial charge in [-0.2, -0.15) is 0 Å². The largest absolute Gasteiger partial charge is 0.444 e. The number of rotatable bonds is 10. The predicted octanol–water partition coefficient (Wildman–Crippen LogP) is 5.05. The Morgan fingerprint density at radius 3 is 2.04 bits per heavy atom. The second-order valence-electron chi connectivity index (χ2n) is 15.9. The molecule has 1 saturated carbocycles. The summed E-state index contributed by atoms with van der Waals surface area (Å²) in [7, 11) is -4.44. The molecule has 6 rings (SSSR count). The van der Waals surface area contributed by atoms with E-state index in [1.165, 1.54) is 17.5 Å². The number of oxime groups is 1. The Balaban J connectivity index is 1.30. The van der Waals surface area contributed by atoms with E-state index in [0.717, 1.165) is 38.5 Å². The van der Waals surface area contributed by atoms with Crippen LogP contribution in [0.4, 0.5) is 13.6 Å². The minimum atomic E-state index is -4.44. The monoisotopic (exact) mass is 799 g/mol. The molecule has 5 atom stereocenters. The Labute approximate surface area is 321 Å². The summed E-state index contributed by atoms with van der Waals surface area (Å²) in [6, 6.07) is 15.3. The number of alkyl carbamates (subject to hydrolysis) is 1. The summed E-state index contributed by atoms with van der Waals surface area (Å²) < 4.78 is 61.2. The summed E-state index contributed by atoms with van der Waals surface area (Å²) in [4.78, 5) is 62.3. The molecule has 3 aromatic rings. The number of amides is 4. The Morgan fingerprint density at radius 2 is 1.53 bits per heavy atom. The first-order valence-corrected chi connectivity index (χ1v) is 20.0. The van der Waals surface area contributed by atoms with E-state index in [0.29, 0.717) is 5.71 Å². The minimum Gasteiger partial charge on any atom is -0.444 e. The Kier molecular flexibility index (Phi) is 10.6. The molecule has 1 aliphatic heterocycles. The number of ether oxygens (including phenoxy) is 1. The molecule has 17 heteroatoms. The lowest BCUT2D eigenvalue weighted by molar-refractivity contribution is -0.143. The molecule has 2 aliphatic carbocycles. The van der Waals surface area contributed by atoms with Gasteiger partial charge in [0.05, 0.1) is 12.5 Å². The quantitative estimate of drug-likeness (QED) is 0.187.